The van der Waals surface area contributed by atoms with Gasteiger partial charge in [0.15, 0.2) is 11.5 Å². The first-order valence-electron chi connectivity index (χ1n) is 8.90. The average Bonchev–Trinajstić information content (AvgIpc) is 3.14. The Hall–Kier alpha value is -2.74. The number of ether oxygens (including phenoxy) is 3. The Balaban J connectivity index is 2.03. The highest BCUT2D eigenvalue weighted by Crippen LogP contribution is 2.39. The Labute approximate surface area is 165 Å². The first-order chi connectivity index (χ1) is 13.4. The highest BCUT2D eigenvalue weighted by atomic mass is 32.2. The maximum atomic E-state index is 12.4. The van der Waals surface area contributed by atoms with Gasteiger partial charge in [0, 0.05) is 17.5 Å². The van der Waals surface area contributed by atoms with Gasteiger partial charge in [0.05, 0.1) is 38.8 Å². The van der Waals surface area contributed by atoms with E-state index in [2.05, 4.69) is 5.10 Å². The number of nitrogens with zero attached hydrogens (tertiary/aromatic N) is 2. The number of sulfonamides is 1. The molecule has 0 saturated carbocycles. The highest BCUT2D eigenvalue weighted by molar-refractivity contribution is 7.88. The smallest absolute Gasteiger partial charge is 0.247 e. The summed E-state index contributed by atoms with van der Waals surface area (Å²) in [6.07, 6.45) is 1.58. The number of rotatable bonds is 7. The summed E-state index contributed by atoms with van der Waals surface area (Å²) in [6.45, 7) is 2.39. The molecule has 7 nitrogen and oxygen atoms in total. The molecule has 1 heterocycles. The van der Waals surface area contributed by atoms with Crippen molar-refractivity contribution >= 4 is 15.7 Å². The van der Waals surface area contributed by atoms with E-state index in [9.17, 15) is 8.42 Å². The molecule has 0 bridgehead atoms. The highest BCUT2D eigenvalue weighted by Gasteiger charge is 2.36. The van der Waals surface area contributed by atoms with Crippen molar-refractivity contribution < 1.29 is 22.6 Å². The Morgan fingerprint density at radius 3 is 2.43 bits per heavy atom. The summed E-state index contributed by atoms with van der Waals surface area (Å²) in [6, 6.07) is 12.4. The van der Waals surface area contributed by atoms with E-state index in [1.165, 1.54) is 0 Å². The molecule has 3 rings (SSSR count). The molecule has 1 atom stereocenters. The summed E-state index contributed by atoms with van der Waals surface area (Å²) in [4.78, 5) is 0. The number of hydrogen-bond acceptors (Lipinski definition) is 6. The fraction of sp³-hybridized carbons (Fsp3) is 0.350. The molecule has 0 aliphatic carbocycles. The molecule has 0 radical (unpaired) electrons. The van der Waals surface area contributed by atoms with E-state index in [1.807, 2.05) is 37.3 Å². The SMILES string of the molecule is CCOc1ccccc1[C@H]1CC(c2ccc(OC)c(OC)c2)=NN1S(C)(=O)=O. The van der Waals surface area contributed by atoms with Crippen LogP contribution < -0.4 is 14.2 Å². The van der Waals surface area contributed by atoms with E-state index in [1.54, 1.807) is 26.4 Å². The number of methoxy groups -OCH3 is 2. The Kier molecular flexibility index (Phi) is 5.79. The van der Waals surface area contributed by atoms with Crippen LogP contribution in [0.2, 0.25) is 0 Å². The number of para-hydroxylation sites is 1. The van der Waals surface area contributed by atoms with Gasteiger partial charge in [-0.15, -0.1) is 0 Å². The van der Waals surface area contributed by atoms with Crippen LogP contribution in [0.25, 0.3) is 0 Å². The monoisotopic (exact) mass is 404 g/mol. The summed E-state index contributed by atoms with van der Waals surface area (Å²) < 4.78 is 42.3. The zero-order valence-electron chi connectivity index (χ0n) is 16.4. The molecular formula is C20H24N2O5S. The van der Waals surface area contributed by atoms with Crippen LogP contribution in [-0.2, 0) is 10.0 Å². The van der Waals surface area contributed by atoms with Crippen molar-refractivity contribution in [2.75, 3.05) is 27.1 Å². The lowest BCUT2D eigenvalue weighted by Crippen LogP contribution is -2.26. The lowest BCUT2D eigenvalue weighted by Gasteiger charge is -2.23. The van der Waals surface area contributed by atoms with Crippen molar-refractivity contribution in [1.29, 1.82) is 0 Å². The van der Waals surface area contributed by atoms with Crippen LogP contribution in [0, 0.1) is 0 Å². The van der Waals surface area contributed by atoms with Gasteiger partial charge >= 0.3 is 0 Å². The minimum absolute atomic E-state index is 0.423. The van der Waals surface area contributed by atoms with E-state index < -0.39 is 16.1 Å². The van der Waals surface area contributed by atoms with Gasteiger partial charge in [-0.3, -0.25) is 0 Å². The first-order valence-corrected chi connectivity index (χ1v) is 10.7. The summed E-state index contributed by atoms with van der Waals surface area (Å²) in [7, 11) is -0.443. The van der Waals surface area contributed by atoms with Gasteiger partial charge in [-0.25, -0.2) is 8.42 Å². The quantitative estimate of drug-likeness (QED) is 0.708. The first kappa shape index (κ1) is 20.0. The van der Waals surface area contributed by atoms with E-state index in [0.29, 0.717) is 36.0 Å². The molecule has 2 aromatic carbocycles. The molecule has 2 aromatic rings. The minimum atomic E-state index is -3.57. The van der Waals surface area contributed by atoms with Gasteiger partial charge in [-0.1, -0.05) is 18.2 Å². The van der Waals surface area contributed by atoms with Crippen LogP contribution in [0.4, 0.5) is 0 Å². The lowest BCUT2D eigenvalue weighted by molar-refractivity contribution is 0.317. The largest absolute Gasteiger partial charge is 0.494 e. The predicted octanol–water partition coefficient (Wildman–Crippen LogP) is 3.21. The normalized spacial score (nSPS) is 16.6. The summed E-state index contributed by atoms with van der Waals surface area (Å²) >= 11 is 0. The molecule has 0 N–H and O–H groups in total. The van der Waals surface area contributed by atoms with Gasteiger partial charge in [-0.2, -0.15) is 9.52 Å². The maximum Gasteiger partial charge on any atom is 0.247 e. The Bertz CT molecular complexity index is 988. The van der Waals surface area contributed by atoms with Crippen LogP contribution in [-0.4, -0.2) is 45.6 Å². The molecule has 8 heteroatoms. The molecule has 150 valence electrons. The third-order valence-corrected chi connectivity index (χ3v) is 5.52. The maximum absolute atomic E-state index is 12.4. The zero-order valence-corrected chi connectivity index (χ0v) is 17.2. The van der Waals surface area contributed by atoms with E-state index in [0.717, 1.165) is 21.8 Å². The van der Waals surface area contributed by atoms with Crippen LogP contribution >= 0.6 is 0 Å². The second-order valence-corrected chi connectivity index (χ2v) is 8.18. The van der Waals surface area contributed by atoms with Crippen molar-refractivity contribution in [1.82, 2.24) is 4.41 Å². The Morgan fingerprint density at radius 2 is 1.79 bits per heavy atom. The molecule has 28 heavy (non-hydrogen) atoms. The molecule has 0 fully saturated rings. The van der Waals surface area contributed by atoms with E-state index in [4.69, 9.17) is 14.2 Å². The van der Waals surface area contributed by atoms with E-state index >= 15 is 0 Å². The summed E-state index contributed by atoms with van der Waals surface area (Å²) in [5.41, 5.74) is 2.22. The summed E-state index contributed by atoms with van der Waals surface area (Å²) in [5.74, 6) is 1.82. The molecule has 1 aliphatic rings. The second-order valence-electron chi connectivity index (χ2n) is 6.34. The van der Waals surface area contributed by atoms with Crippen molar-refractivity contribution in [3.05, 3.63) is 53.6 Å². The van der Waals surface area contributed by atoms with E-state index in [-0.39, 0.29) is 0 Å². The van der Waals surface area contributed by atoms with Gasteiger partial charge in [0.2, 0.25) is 10.0 Å². The second kappa shape index (κ2) is 8.10. The third kappa shape index (κ3) is 3.91. The topological polar surface area (TPSA) is 77.4 Å². The standard InChI is InChI=1S/C20H24N2O5S/c1-5-27-18-9-7-6-8-15(18)17-13-16(21-22(17)28(4,23)24)14-10-11-19(25-2)20(12-14)26-3/h6-12,17H,5,13H2,1-4H3/t17-/m1/s1. The summed E-state index contributed by atoms with van der Waals surface area (Å²) in [5, 5.41) is 4.43. The fourth-order valence-electron chi connectivity index (χ4n) is 3.26. The lowest BCUT2D eigenvalue weighted by atomic mass is 9.98. The van der Waals surface area contributed by atoms with Crippen molar-refractivity contribution in [3.63, 3.8) is 0 Å². The van der Waals surface area contributed by atoms with Crippen molar-refractivity contribution in [2.45, 2.75) is 19.4 Å². The Morgan fingerprint density at radius 1 is 1.07 bits per heavy atom. The van der Waals surface area contributed by atoms with Crippen LogP contribution in [0.15, 0.2) is 47.6 Å². The number of hydrogen-bond donors (Lipinski definition) is 0. The van der Waals surface area contributed by atoms with Crippen LogP contribution in [0.3, 0.4) is 0 Å². The third-order valence-electron chi connectivity index (χ3n) is 4.51. The van der Waals surface area contributed by atoms with Crippen molar-refractivity contribution in [2.24, 2.45) is 5.10 Å². The predicted molar refractivity (Wildman–Crippen MR) is 108 cm³/mol. The van der Waals surface area contributed by atoms with Gasteiger partial charge in [-0.05, 0) is 31.2 Å². The van der Waals surface area contributed by atoms with Crippen LogP contribution in [0.1, 0.15) is 30.5 Å². The van der Waals surface area contributed by atoms with Crippen molar-refractivity contribution in [3.8, 4) is 17.2 Å². The van der Waals surface area contributed by atoms with Gasteiger partial charge in [0.1, 0.15) is 5.75 Å². The number of benzene rings is 2. The van der Waals surface area contributed by atoms with Gasteiger partial charge < -0.3 is 14.2 Å². The fourth-order valence-corrected chi connectivity index (χ4v) is 4.16. The molecule has 0 amide bonds. The number of hydrazone groups is 1. The molecule has 1 aliphatic heterocycles. The zero-order chi connectivity index (χ0) is 20.3. The molecule has 0 spiro atoms. The minimum Gasteiger partial charge on any atom is -0.494 e. The molecular weight excluding hydrogens is 380 g/mol. The van der Waals surface area contributed by atoms with Gasteiger partial charge in [0.25, 0.3) is 0 Å². The van der Waals surface area contributed by atoms with Crippen LogP contribution in [0.5, 0.6) is 17.2 Å². The molecule has 0 aromatic heterocycles. The molecule has 0 saturated heterocycles. The average molecular weight is 404 g/mol. The molecule has 0 unspecified atom stereocenters.